The van der Waals surface area contributed by atoms with Crippen LogP contribution in [-0.2, 0) is 6.42 Å². The van der Waals surface area contributed by atoms with Crippen molar-refractivity contribution < 1.29 is 0 Å². The summed E-state index contributed by atoms with van der Waals surface area (Å²) in [5.41, 5.74) is 4.15. The number of rotatable bonds is 4. The van der Waals surface area contributed by atoms with Crippen LogP contribution >= 0.6 is 22.7 Å². The quantitative estimate of drug-likeness (QED) is 0.766. The third kappa shape index (κ3) is 2.48. The maximum atomic E-state index is 4.27. The van der Waals surface area contributed by atoms with E-state index < -0.39 is 0 Å². The Morgan fingerprint density at radius 3 is 3.06 bits per heavy atom. The Labute approximate surface area is 108 Å². The Hall–Kier alpha value is -1.39. The first-order valence-electron chi connectivity index (χ1n) is 5.51. The molecule has 0 aliphatic heterocycles. The van der Waals surface area contributed by atoms with Crippen LogP contribution in [0.4, 0.5) is 5.69 Å². The molecule has 2 heterocycles. The molecule has 0 radical (unpaired) electrons. The average molecular weight is 260 g/mol. The molecule has 17 heavy (non-hydrogen) atoms. The predicted octanol–water partition coefficient (Wildman–Crippen LogP) is 4.01. The summed E-state index contributed by atoms with van der Waals surface area (Å²) in [4.78, 5) is 5.70. The van der Waals surface area contributed by atoms with E-state index in [4.69, 9.17) is 0 Å². The highest BCUT2D eigenvalue weighted by Crippen LogP contribution is 2.21. The van der Waals surface area contributed by atoms with Crippen LogP contribution in [0.25, 0.3) is 10.2 Å². The molecule has 0 amide bonds. The van der Waals surface area contributed by atoms with Gasteiger partial charge in [-0.1, -0.05) is 6.07 Å². The van der Waals surface area contributed by atoms with E-state index in [1.165, 1.54) is 15.3 Å². The van der Waals surface area contributed by atoms with Crippen molar-refractivity contribution in [1.82, 2.24) is 4.98 Å². The molecule has 2 aromatic heterocycles. The van der Waals surface area contributed by atoms with Gasteiger partial charge in [0.2, 0.25) is 0 Å². The molecule has 0 bridgehead atoms. The summed E-state index contributed by atoms with van der Waals surface area (Å²) in [5, 5.41) is 5.57. The first kappa shape index (κ1) is 10.7. The van der Waals surface area contributed by atoms with Gasteiger partial charge in [0.05, 0.1) is 15.7 Å². The molecule has 0 atom stereocenters. The number of anilines is 1. The van der Waals surface area contributed by atoms with Gasteiger partial charge in [-0.05, 0) is 36.1 Å². The molecular formula is C13H12N2S2. The lowest BCUT2D eigenvalue weighted by atomic mass is 10.3. The van der Waals surface area contributed by atoms with Gasteiger partial charge in [-0.2, -0.15) is 0 Å². The zero-order valence-electron chi connectivity index (χ0n) is 9.22. The second-order valence-corrected chi connectivity index (χ2v) is 5.71. The smallest absolute Gasteiger partial charge is 0.0813 e. The highest BCUT2D eigenvalue weighted by atomic mass is 32.1. The molecule has 0 saturated heterocycles. The Kier molecular flexibility index (Phi) is 3.07. The summed E-state index contributed by atoms with van der Waals surface area (Å²) in [5.74, 6) is 0. The van der Waals surface area contributed by atoms with E-state index in [0.29, 0.717) is 0 Å². The van der Waals surface area contributed by atoms with Crippen molar-refractivity contribution in [3.8, 4) is 0 Å². The molecule has 0 fully saturated rings. The fourth-order valence-corrected chi connectivity index (χ4v) is 3.18. The van der Waals surface area contributed by atoms with E-state index in [0.717, 1.165) is 18.5 Å². The molecule has 0 saturated carbocycles. The summed E-state index contributed by atoms with van der Waals surface area (Å²) in [7, 11) is 0. The molecule has 2 nitrogen and oxygen atoms in total. The van der Waals surface area contributed by atoms with Gasteiger partial charge >= 0.3 is 0 Å². The molecule has 86 valence electrons. The summed E-state index contributed by atoms with van der Waals surface area (Å²) in [6.45, 7) is 0.977. The van der Waals surface area contributed by atoms with Crippen molar-refractivity contribution >= 4 is 38.6 Å². The topological polar surface area (TPSA) is 24.9 Å². The number of thiazole rings is 1. The SMILES string of the molecule is c1csc(CCNc2ccc3ncsc3c2)c1. The van der Waals surface area contributed by atoms with Crippen LogP contribution in [0.1, 0.15) is 4.88 Å². The maximum absolute atomic E-state index is 4.27. The van der Waals surface area contributed by atoms with E-state index >= 15 is 0 Å². The molecule has 4 heteroatoms. The van der Waals surface area contributed by atoms with Crippen LogP contribution in [0.2, 0.25) is 0 Å². The number of thiophene rings is 1. The third-order valence-electron chi connectivity index (χ3n) is 2.61. The standard InChI is InChI=1S/C13H12N2S2/c1-2-11(16-7-1)5-6-14-10-3-4-12-13(8-10)17-9-15-12/h1-4,7-9,14H,5-6H2. The molecule has 3 aromatic rings. The number of aromatic nitrogens is 1. The first-order valence-corrected chi connectivity index (χ1v) is 7.27. The van der Waals surface area contributed by atoms with Gasteiger partial charge in [-0.15, -0.1) is 22.7 Å². The van der Waals surface area contributed by atoms with Crippen LogP contribution in [0, 0.1) is 0 Å². The highest BCUT2D eigenvalue weighted by molar-refractivity contribution is 7.16. The van der Waals surface area contributed by atoms with E-state index in [1.807, 2.05) is 16.8 Å². The fraction of sp³-hybridized carbons (Fsp3) is 0.154. The van der Waals surface area contributed by atoms with Crippen molar-refractivity contribution in [2.24, 2.45) is 0 Å². The summed E-state index contributed by atoms with van der Waals surface area (Å²) in [6, 6.07) is 10.6. The molecule has 1 N–H and O–H groups in total. The minimum atomic E-state index is 0.977. The first-order chi connectivity index (χ1) is 8.42. The average Bonchev–Trinajstić information content (AvgIpc) is 2.98. The fourth-order valence-electron chi connectivity index (χ4n) is 1.75. The van der Waals surface area contributed by atoms with Crippen molar-refractivity contribution in [3.63, 3.8) is 0 Å². The lowest BCUT2D eigenvalue weighted by Gasteiger charge is -2.04. The van der Waals surface area contributed by atoms with Gasteiger partial charge in [0.25, 0.3) is 0 Å². The normalized spacial score (nSPS) is 10.8. The van der Waals surface area contributed by atoms with Crippen LogP contribution in [0.5, 0.6) is 0 Å². The molecule has 0 spiro atoms. The van der Waals surface area contributed by atoms with E-state index in [2.05, 4.69) is 46.0 Å². The van der Waals surface area contributed by atoms with Crippen molar-refractivity contribution in [3.05, 3.63) is 46.1 Å². The lowest BCUT2D eigenvalue weighted by molar-refractivity contribution is 1.05. The zero-order valence-corrected chi connectivity index (χ0v) is 10.9. The number of hydrogen-bond donors (Lipinski definition) is 1. The summed E-state index contributed by atoms with van der Waals surface area (Å²) in [6.07, 6.45) is 1.08. The second kappa shape index (κ2) is 4.85. The maximum Gasteiger partial charge on any atom is 0.0813 e. The predicted molar refractivity (Wildman–Crippen MR) is 76.1 cm³/mol. The van der Waals surface area contributed by atoms with Crippen LogP contribution < -0.4 is 5.32 Å². The van der Waals surface area contributed by atoms with E-state index in [-0.39, 0.29) is 0 Å². The van der Waals surface area contributed by atoms with Gasteiger partial charge in [0, 0.05) is 17.1 Å². The largest absolute Gasteiger partial charge is 0.385 e. The van der Waals surface area contributed by atoms with Crippen molar-refractivity contribution in [2.45, 2.75) is 6.42 Å². The molecule has 0 aliphatic carbocycles. The van der Waals surface area contributed by atoms with Crippen molar-refractivity contribution in [1.29, 1.82) is 0 Å². The molecule has 0 aliphatic rings. The highest BCUT2D eigenvalue weighted by Gasteiger charge is 1.99. The minimum Gasteiger partial charge on any atom is -0.385 e. The number of fused-ring (bicyclic) bond motifs is 1. The van der Waals surface area contributed by atoms with Crippen molar-refractivity contribution in [2.75, 3.05) is 11.9 Å². The van der Waals surface area contributed by atoms with Gasteiger partial charge in [0.15, 0.2) is 0 Å². The Morgan fingerprint density at radius 2 is 2.18 bits per heavy atom. The van der Waals surface area contributed by atoms with E-state index in [9.17, 15) is 0 Å². The monoisotopic (exact) mass is 260 g/mol. The molecular weight excluding hydrogens is 248 g/mol. The number of nitrogens with zero attached hydrogens (tertiary/aromatic N) is 1. The van der Waals surface area contributed by atoms with Crippen LogP contribution in [-0.4, -0.2) is 11.5 Å². The zero-order chi connectivity index (χ0) is 11.5. The van der Waals surface area contributed by atoms with E-state index in [1.54, 1.807) is 11.3 Å². The Balaban J connectivity index is 1.64. The number of benzene rings is 1. The Morgan fingerprint density at radius 1 is 1.18 bits per heavy atom. The number of nitrogens with one attached hydrogen (secondary N) is 1. The van der Waals surface area contributed by atoms with Gasteiger partial charge in [0.1, 0.15) is 0 Å². The molecule has 1 aromatic carbocycles. The summed E-state index contributed by atoms with van der Waals surface area (Å²) >= 11 is 3.50. The lowest BCUT2D eigenvalue weighted by Crippen LogP contribution is -2.03. The minimum absolute atomic E-state index is 0.977. The van der Waals surface area contributed by atoms with Gasteiger partial charge in [-0.3, -0.25) is 0 Å². The summed E-state index contributed by atoms with van der Waals surface area (Å²) < 4.78 is 1.24. The third-order valence-corrected chi connectivity index (χ3v) is 4.34. The number of hydrogen-bond acceptors (Lipinski definition) is 4. The van der Waals surface area contributed by atoms with Crippen LogP contribution in [0.3, 0.4) is 0 Å². The molecule has 0 unspecified atom stereocenters. The van der Waals surface area contributed by atoms with Gasteiger partial charge < -0.3 is 5.32 Å². The van der Waals surface area contributed by atoms with Gasteiger partial charge in [-0.25, -0.2) is 4.98 Å². The molecule has 3 rings (SSSR count). The van der Waals surface area contributed by atoms with Crippen LogP contribution in [0.15, 0.2) is 41.2 Å². The second-order valence-electron chi connectivity index (χ2n) is 3.79. The Bertz CT molecular complexity index is 599.